The molecule has 0 aliphatic carbocycles. The lowest BCUT2D eigenvalue weighted by Gasteiger charge is -2.04. The van der Waals surface area contributed by atoms with Crippen LogP contribution in [0.3, 0.4) is 0 Å². The van der Waals surface area contributed by atoms with Crippen LogP contribution in [0.5, 0.6) is 5.75 Å². The van der Waals surface area contributed by atoms with Crippen molar-refractivity contribution in [1.29, 1.82) is 0 Å². The average molecular weight is 348 g/mol. The first-order valence-corrected chi connectivity index (χ1v) is 7.98. The molecule has 0 saturated heterocycles. The summed E-state index contributed by atoms with van der Waals surface area (Å²) in [6.07, 6.45) is 5.14. The Kier molecular flexibility index (Phi) is 4.44. The van der Waals surface area contributed by atoms with E-state index in [1.807, 2.05) is 24.4 Å². The Morgan fingerprint density at radius 2 is 2.00 bits per heavy atom. The molecule has 0 atom stereocenters. The van der Waals surface area contributed by atoms with Crippen molar-refractivity contribution in [3.8, 4) is 5.75 Å². The van der Waals surface area contributed by atoms with E-state index in [0.29, 0.717) is 5.56 Å². The lowest BCUT2D eigenvalue weighted by Crippen LogP contribution is -2.02. The van der Waals surface area contributed by atoms with Crippen LogP contribution in [-0.2, 0) is 0 Å². The van der Waals surface area contributed by atoms with E-state index in [9.17, 15) is 13.6 Å². The maximum atomic E-state index is 12.2. The number of ketones is 1. The highest BCUT2D eigenvalue weighted by Crippen LogP contribution is 2.22. The first kappa shape index (κ1) is 16.3. The van der Waals surface area contributed by atoms with Crippen LogP contribution in [0.25, 0.3) is 11.0 Å². The fraction of sp³-hybridized carbons (Fsp3) is 0.176. The first-order chi connectivity index (χ1) is 11.4. The molecule has 7 heteroatoms. The van der Waals surface area contributed by atoms with Crippen LogP contribution in [0, 0.1) is 13.8 Å². The zero-order chi connectivity index (χ0) is 17.3. The minimum Gasteiger partial charge on any atom is -0.435 e. The predicted octanol–water partition coefficient (Wildman–Crippen LogP) is 4.51. The van der Waals surface area contributed by atoms with Crippen LogP contribution >= 0.6 is 11.3 Å². The number of thiazole rings is 1. The molecule has 0 saturated carbocycles. The van der Waals surface area contributed by atoms with Gasteiger partial charge in [-0.05, 0) is 50.3 Å². The maximum absolute atomic E-state index is 12.2. The number of halogens is 2. The van der Waals surface area contributed by atoms with Gasteiger partial charge in [0, 0.05) is 16.6 Å². The SMILES string of the molecule is Cc1cn2c(C=CC(=O)c3ccc(OC(F)F)cc3)c(C)nc2s1. The molecule has 0 aliphatic rings. The summed E-state index contributed by atoms with van der Waals surface area (Å²) in [4.78, 5) is 18.7. The molecule has 3 rings (SSSR count). The van der Waals surface area contributed by atoms with E-state index in [1.54, 1.807) is 17.4 Å². The van der Waals surface area contributed by atoms with Gasteiger partial charge >= 0.3 is 6.61 Å². The number of carbonyl (C=O) groups excluding carboxylic acids is 1. The Morgan fingerprint density at radius 1 is 1.29 bits per heavy atom. The number of aromatic nitrogens is 2. The van der Waals surface area contributed by atoms with Crippen molar-refractivity contribution in [1.82, 2.24) is 9.38 Å². The highest BCUT2D eigenvalue weighted by molar-refractivity contribution is 7.17. The van der Waals surface area contributed by atoms with E-state index in [1.165, 1.54) is 30.3 Å². The molecule has 2 heterocycles. The van der Waals surface area contributed by atoms with Gasteiger partial charge in [0.05, 0.1) is 11.4 Å². The summed E-state index contributed by atoms with van der Waals surface area (Å²) in [6.45, 7) is 0.999. The van der Waals surface area contributed by atoms with Gasteiger partial charge in [0.15, 0.2) is 10.7 Å². The summed E-state index contributed by atoms with van der Waals surface area (Å²) in [5.41, 5.74) is 2.08. The summed E-state index contributed by atoms with van der Waals surface area (Å²) < 4.78 is 30.4. The third kappa shape index (κ3) is 3.35. The molecule has 0 fully saturated rings. The fourth-order valence-electron chi connectivity index (χ4n) is 2.33. The van der Waals surface area contributed by atoms with Gasteiger partial charge < -0.3 is 4.74 Å². The van der Waals surface area contributed by atoms with Gasteiger partial charge in [0.1, 0.15) is 5.75 Å². The summed E-state index contributed by atoms with van der Waals surface area (Å²) in [6, 6.07) is 5.60. The lowest BCUT2D eigenvalue weighted by molar-refractivity contribution is -0.0498. The molecular weight excluding hydrogens is 334 g/mol. The quantitative estimate of drug-likeness (QED) is 0.503. The van der Waals surface area contributed by atoms with Crippen LogP contribution in [0.1, 0.15) is 26.6 Å². The second-order valence-corrected chi connectivity index (χ2v) is 6.39. The number of fused-ring (bicyclic) bond motifs is 1. The van der Waals surface area contributed by atoms with Crippen LogP contribution in [-0.4, -0.2) is 21.8 Å². The Balaban J connectivity index is 1.80. The van der Waals surface area contributed by atoms with Crippen molar-refractivity contribution in [3.05, 3.63) is 58.4 Å². The predicted molar refractivity (Wildman–Crippen MR) is 89.0 cm³/mol. The van der Waals surface area contributed by atoms with Crippen molar-refractivity contribution in [2.75, 3.05) is 0 Å². The molecule has 0 radical (unpaired) electrons. The number of imidazole rings is 1. The number of nitrogens with zero attached hydrogens (tertiary/aromatic N) is 2. The zero-order valence-corrected chi connectivity index (χ0v) is 13.8. The molecule has 2 aromatic heterocycles. The highest BCUT2D eigenvalue weighted by Gasteiger charge is 2.10. The molecule has 124 valence electrons. The zero-order valence-electron chi connectivity index (χ0n) is 13.0. The second kappa shape index (κ2) is 6.52. The minimum atomic E-state index is -2.88. The third-order valence-electron chi connectivity index (χ3n) is 3.42. The van der Waals surface area contributed by atoms with Gasteiger partial charge in [-0.25, -0.2) is 4.98 Å². The van der Waals surface area contributed by atoms with E-state index < -0.39 is 6.61 Å². The van der Waals surface area contributed by atoms with Crippen LogP contribution in [0.15, 0.2) is 36.5 Å². The molecular formula is C17H14F2N2O2S. The van der Waals surface area contributed by atoms with E-state index >= 15 is 0 Å². The molecule has 0 unspecified atom stereocenters. The largest absolute Gasteiger partial charge is 0.435 e. The number of rotatable bonds is 5. The molecule has 0 N–H and O–H groups in total. The average Bonchev–Trinajstić information content (AvgIpc) is 3.00. The number of alkyl halides is 2. The number of hydrogen-bond acceptors (Lipinski definition) is 4. The summed E-state index contributed by atoms with van der Waals surface area (Å²) >= 11 is 1.58. The van der Waals surface area contributed by atoms with Gasteiger partial charge in [-0.15, -0.1) is 11.3 Å². The van der Waals surface area contributed by atoms with E-state index in [-0.39, 0.29) is 11.5 Å². The van der Waals surface area contributed by atoms with E-state index in [4.69, 9.17) is 0 Å². The van der Waals surface area contributed by atoms with Gasteiger partial charge in [-0.2, -0.15) is 8.78 Å². The molecule has 0 aliphatic heterocycles. The van der Waals surface area contributed by atoms with Crippen molar-refractivity contribution in [3.63, 3.8) is 0 Å². The van der Waals surface area contributed by atoms with Gasteiger partial charge in [-0.1, -0.05) is 0 Å². The minimum absolute atomic E-state index is 0.0209. The van der Waals surface area contributed by atoms with E-state index in [2.05, 4.69) is 9.72 Å². The molecule has 1 aromatic carbocycles. The van der Waals surface area contributed by atoms with Crippen LogP contribution in [0.4, 0.5) is 8.78 Å². The molecule has 0 bridgehead atoms. The summed E-state index contributed by atoms with van der Waals surface area (Å²) in [5, 5.41) is 0. The number of hydrogen-bond donors (Lipinski definition) is 0. The summed E-state index contributed by atoms with van der Waals surface area (Å²) in [7, 11) is 0. The third-order valence-corrected chi connectivity index (χ3v) is 4.32. The number of benzene rings is 1. The van der Waals surface area contributed by atoms with Crippen molar-refractivity contribution < 1.29 is 18.3 Å². The lowest BCUT2D eigenvalue weighted by atomic mass is 10.1. The van der Waals surface area contributed by atoms with Crippen LogP contribution in [0.2, 0.25) is 0 Å². The Labute approximate surface area is 141 Å². The molecule has 0 spiro atoms. The van der Waals surface area contributed by atoms with Gasteiger partial charge in [-0.3, -0.25) is 9.20 Å². The Hall–Kier alpha value is -2.54. The maximum Gasteiger partial charge on any atom is 0.387 e. The normalized spacial score (nSPS) is 11.7. The topological polar surface area (TPSA) is 43.6 Å². The van der Waals surface area contributed by atoms with Gasteiger partial charge in [0.2, 0.25) is 0 Å². The first-order valence-electron chi connectivity index (χ1n) is 7.16. The number of carbonyl (C=O) groups is 1. The van der Waals surface area contributed by atoms with Crippen molar-refractivity contribution in [2.24, 2.45) is 0 Å². The molecule has 4 nitrogen and oxygen atoms in total. The second-order valence-electron chi connectivity index (χ2n) is 5.18. The highest BCUT2D eigenvalue weighted by atomic mass is 32.1. The Bertz CT molecular complexity index is 911. The molecule has 3 aromatic rings. The standard InChI is InChI=1S/C17H14F2N2O2S/c1-10-9-21-14(11(2)20-17(21)24-10)7-8-15(22)12-3-5-13(6-4-12)23-16(18)19/h3-9,16H,1-2H3. The number of ether oxygens (including phenoxy) is 1. The monoisotopic (exact) mass is 348 g/mol. The summed E-state index contributed by atoms with van der Waals surface area (Å²) in [5.74, 6) is -0.201. The van der Waals surface area contributed by atoms with Crippen LogP contribution < -0.4 is 4.74 Å². The van der Waals surface area contributed by atoms with Crippen molar-refractivity contribution in [2.45, 2.75) is 20.5 Å². The smallest absolute Gasteiger partial charge is 0.387 e. The molecule has 0 amide bonds. The van der Waals surface area contributed by atoms with Gasteiger partial charge in [0.25, 0.3) is 0 Å². The van der Waals surface area contributed by atoms with E-state index in [0.717, 1.165) is 21.2 Å². The number of aryl methyl sites for hydroxylation is 2. The number of allylic oxidation sites excluding steroid dienone is 1. The van der Waals surface area contributed by atoms with Crippen molar-refractivity contribution >= 4 is 28.2 Å². The molecule has 24 heavy (non-hydrogen) atoms. The fourth-order valence-corrected chi connectivity index (χ4v) is 3.21. The Morgan fingerprint density at radius 3 is 2.67 bits per heavy atom.